The lowest BCUT2D eigenvalue weighted by molar-refractivity contribution is 0.0211. The molecule has 0 saturated heterocycles. The third-order valence-corrected chi connectivity index (χ3v) is 3.09. The first-order chi connectivity index (χ1) is 8.65. The van der Waals surface area contributed by atoms with Gasteiger partial charge in [0.25, 0.3) is 0 Å². The molecule has 0 fully saturated rings. The number of rotatable bonds is 4. The number of benzene rings is 2. The predicted molar refractivity (Wildman–Crippen MR) is 73.3 cm³/mol. The highest BCUT2D eigenvalue weighted by Crippen LogP contribution is 2.29. The molecular formula is C14H18N2O2. The highest BCUT2D eigenvalue weighted by molar-refractivity contribution is 5.95. The molecule has 4 nitrogen and oxygen atoms in total. The number of aliphatic hydroxyl groups is 2. The maximum atomic E-state index is 10.2. The summed E-state index contributed by atoms with van der Waals surface area (Å²) in [7, 11) is 1.73. The zero-order valence-corrected chi connectivity index (χ0v) is 10.3. The number of nitrogens with one attached hydrogen (secondary N) is 1. The Balaban J connectivity index is 2.48. The van der Waals surface area contributed by atoms with Crippen LogP contribution in [0.3, 0.4) is 0 Å². The minimum Gasteiger partial charge on any atom is -0.398 e. The van der Waals surface area contributed by atoms with Crippen LogP contribution in [0.25, 0.3) is 10.8 Å². The van der Waals surface area contributed by atoms with Gasteiger partial charge >= 0.3 is 0 Å². The van der Waals surface area contributed by atoms with Crippen molar-refractivity contribution in [2.75, 3.05) is 19.3 Å². The van der Waals surface area contributed by atoms with E-state index in [0.29, 0.717) is 17.8 Å². The van der Waals surface area contributed by atoms with Crippen molar-refractivity contribution >= 4 is 16.5 Å². The molecule has 4 heteroatoms. The summed E-state index contributed by atoms with van der Waals surface area (Å²) >= 11 is 0. The molecule has 0 bridgehead atoms. The Labute approximate surface area is 106 Å². The molecule has 0 heterocycles. The number of fused-ring (bicyclic) bond motifs is 1. The average molecular weight is 246 g/mol. The first kappa shape index (κ1) is 12.8. The molecule has 0 saturated carbocycles. The van der Waals surface area contributed by atoms with E-state index in [0.717, 1.165) is 10.8 Å². The summed E-state index contributed by atoms with van der Waals surface area (Å²) < 4.78 is 0. The fraction of sp³-hybridized carbons (Fsp3) is 0.286. The monoisotopic (exact) mass is 246 g/mol. The molecule has 0 aliphatic rings. The van der Waals surface area contributed by atoms with Gasteiger partial charge in [-0.25, -0.2) is 0 Å². The summed E-state index contributed by atoms with van der Waals surface area (Å²) in [5, 5.41) is 24.6. The third-order valence-electron chi connectivity index (χ3n) is 3.09. The number of anilines is 1. The average Bonchev–Trinajstić information content (AvgIpc) is 2.38. The van der Waals surface area contributed by atoms with E-state index in [1.54, 1.807) is 7.05 Å². The molecule has 2 unspecified atom stereocenters. The first-order valence-corrected chi connectivity index (χ1v) is 5.93. The molecule has 0 aliphatic heterocycles. The third kappa shape index (κ3) is 2.31. The van der Waals surface area contributed by atoms with E-state index in [-0.39, 0.29) is 0 Å². The van der Waals surface area contributed by atoms with Crippen LogP contribution in [-0.4, -0.2) is 29.9 Å². The van der Waals surface area contributed by atoms with Gasteiger partial charge in [-0.05, 0) is 24.1 Å². The van der Waals surface area contributed by atoms with E-state index in [2.05, 4.69) is 5.32 Å². The lowest BCUT2D eigenvalue weighted by Gasteiger charge is -2.19. The second-order valence-electron chi connectivity index (χ2n) is 4.36. The Morgan fingerprint density at radius 1 is 1.11 bits per heavy atom. The fourth-order valence-corrected chi connectivity index (χ4v) is 2.14. The van der Waals surface area contributed by atoms with Crippen molar-refractivity contribution in [3.8, 4) is 0 Å². The van der Waals surface area contributed by atoms with Gasteiger partial charge in [-0.3, -0.25) is 0 Å². The lowest BCUT2D eigenvalue weighted by Crippen LogP contribution is -2.29. The number of likely N-dealkylation sites (N-methyl/N-ethyl adjacent to an activating group) is 1. The molecule has 5 N–H and O–H groups in total. The van der Waals surface area contributed by atoms with Crippen molar-refractivity contribution in [3.63, 3.8) is 0 Å². The lowest BCUT2D eigenvalue weighted by atomic mass is 9.96. The van der Waals surface area contributed by atoms with Gasteiger partial charge in [-0.15, -0.1) is 0 Å². The van der Waals surface area contributed by atoms with Crippen LogP contribution < -0.4 is 11.1 Å². The summed E-state index contributed by atoms with van der Waals surface area (Å²) in [5.74, 6) is 0. The zero-order chi connectivity index (χ0) is 13.1. The predicted octanol–water partition coefficient (Wildman–Crippen LogP) is 1.04. The Hall–Kier alpha value is -1.62. The fourth-order valence-electron chi connectivity index (χ4n) is 2.14. The van der Waals surface area contributed by atoms with Crippen LogP contribution in [0.2, 0.25) is 0 Å². The van der Waals surface area contributed by atoms with Crippen molar-refractivity contribution in [2.45, 2.75) is 12.2 Å². The van der Waals surface area contributed by atoms with Crippen molar-refractivity contribution in [1.29, 1.82) is 0 Å². The van der Waals surface area contributed by atoms with Gasteiger partial charge in [0.2, 0.25) is 0 Å². The maximum Gasteiger partial charge on any atom is 0.107 e. The summed E-state index contributed by atoms with van der Waals surface area (Å²) in [5.41, 5.74) is 7.27. The molecule has 2 atom stereocenters. The molecule has 2 aromatic rings. The second-order valence-corrected chi connectivity index (χ2v) is 4.36. The normalized spacial score (nSPS) is 14.6. The van der Waals surface area contributed by atoms with E-state index in [9.17, 15) is 10.2 Å². The minimum atomic E-state index is -0.928. The molecule has 0 amide bonds. The molecule has 0 radical (unpaired) electrons. The summed E-state index contributed by atoms with van der Waals surface area (Å²) in [6.45, 7) is 0.333. The largest absolute Gasteiger partial charge is 0.398 e. The topological polar surface area (TPSA) is 78.5 Å². The van der Waals surface area contributed by atoms with Gasteiger partial charge < -0.3 is 21.3 Å². The second kappa shape index (κ2) is 5.35. The van der Waals surface area contributed by atoms with Gasteiger partial charge in [-0.2, -0.15) is 0 Å². The zero-order valence-electron chi connectivity index (χ0n) is 10.3. The molecule has 0 spiro atoms. The first-order valence-electron chi connectivity index (χ1n) is 5.93. The molecule has 0 aromatic heterocycles. The number of aliphatic hydroxyl groups excluding tert-OH is 2. The summed E-state index contributed by atoms with van der Waals surface area (Å²) in [6.07, 6.45) is -1.77. The van der Waals surface area contributed by atoms with Crippen molar-refractivity contribution < 1.29 is 10.2 Å². The highest BCUT2D eigenvalue weighted by atomic mass is 16.3. The minimum absolute atomic E-state index is 0.333. The van der Waals surface area contributed by atoms with Gasteiger partial charge in [0.15, 0.2) is 0 Å². The van der Waals surface area contributed by atoms with Crippen LogP contribution >= 0.6 is 0 Å². The Morgan fingerprint density at radius 2 is 1.78 bits per heavy atom. The molecular weight excluding hydrogens is 228 g/mol. The number of nitrogen functional groups attached to an aromatic ring is 1. The molecule has 2 aromatic carbocycles. The molecule has 2 rings (SSSR count). The SMILES string of the molecule is CNCC(O)C(O)c1cccc2c(N)cccc12. The maximum absolute atomic E-state index is 10.2. The molecule has 18 heavy (non-hydrogen) atoms. The van der Waals surface area contributed by atoms with Crippen LogP contribution in [0.4, 0.5) is 5.69 Å². The standard InChI is InChI=1S/C14H18N2O2/c1-16-8-13(17)14(18)11-6-2-5-10-9(11)4-3-7-12(10)15/h2-7,13-14,16-18H,8,15H2,1H3. The van der Waals surface area contributed by atoms with E-state index in [1.165, 1.54) is 0 Å². The molecule has 0 aliphatic carbocycles. The van der Waals surface area contributed by atoms with E-state index >= 15 is 0 Å². The molecule has 96 valence electrons. The quantitative estimate of drug-likeness (QED) is 0.608. The summed E-state index contributed by atoms with van der Waals surface area (Å²) in [4.78, 5) is 0. The van der Waals surface area contributed by atoms with Gasteiger partial charge in [0.1, 0.15) is 6.10 Å². The van der Waals surface area contributed by atoms with E-state index < -0.39 is 12.2 Å². The van der Waals surface area contributed by atoms with Crippen molar-refractivity contribution in [2.24, 2.45) is 0 Å². The van der Waals surface area contributed by atoms with Crippen LogP contribution in [0.5, 0.6) is 0 Å². The Bertz CT molecular complexity index is 542. The van der Waals surface area contributed by atoms with Crippen molar-refractivity contribution in [1.82, 2.24) is 5.32 Å². The van der Waals surface area contributed by atoms with Gasteiger partial charge in [-0.1, -0.05) is 30.3 Å². The van der Waals surface area contributed by atoms with Crippen LogP contribution in [0.1, 0.15) is 11.7 Å². The van der Waals surface area contributed by atoms with Crippen LogP contribution in [-0.2, 0) is 0 Å². The van der Waals surface area contributed by atoms with Crippen molar-refractivity contribution in [3.05, 3.63) is 42.0 Å². The number of hydrogen-bond donors (Lipinski definition) is 4. The Morgan fingerprint density at radius 3 is 2.50 bits per heavy atom. The highest BCUT2D eigenvalue weighted by Gasteiger charge is 2.19. The number of hydrogen-bond acceptors (Lipinski definition) is 4. The number of nitrogens with two attached hydrogens (primary N) is 1. The van der Waals surface area contributed by atoms with Crippen LogP contribution in [0, 0.1) is 0 Å². The van der Waals surface area contributed by atoms with E-state index in [1.807, 2.05) is 36.4 Å². The van der Waals surface area contributed by atoms with Gasteiger partial charge in [0, 0.05) is 17.6 Å². The van der Waals surface area contributed by atoms with E-state index in [4.69, 9.17) is 5.73 Å². The van der Waals surface area contributed by atoms with Gasteiger partial charge in [0.05, 0.1) is 6.10 Å². The van der Waals surface area contributed by atoms with Crippen LogP contribution in [0.15, 0.2) is 36.4 Å². The smallest absolute Gasteiger partial charge is 0.107 e. The summed E-state index contributed by atoms with van der Waals surface area (Å²) in [6, 6.07) is 11.1. The Kier molecular flexibility index (Phi) is 3.81.